The zero-order valence-electron chi connectivity index (χ0n) is 16.5. The lowest BCUT2D eigenvalue weighted by atomic mass is 9.92. The fraction of sp³-hybridized carbons (Fsp3) is 0.667. The monoisotopic (exact) mass is 471 g/mol. The molecule has 2 atom stereocenters. The van der Waals surface area contributed by atoms with Gasteiger partial charge in [0, 0.05) is 17.7 Å². The smallest absolute Gasteiger partial charge is 0.406 e. The molecule has 1 aromatic rings. The molecule has 0 aliphatic rings. The molecular weight excluding hydrogens is 449 g/mol. The van der Waals surface area contributed by atoms with Crippen molar-refractivity contribution < 1.29 is 53.7 Å². The topological polar surface area (TPSA) is 53.7 Å². The highest BCUT2D eigenvalue weighted by atomic mass is 19.4. The summed E-state index contributed by atoms with van der Waals surface area (Å²) >= 11 is 0. The first-order chi connectivity index (χ1) is 14.0. The highest BCUT2D eigenvalue weighted by Gasteiger charge is 2.38. The molecule has 0 aromatic heterocycles. The average molecular weight is 471 g/mol. The second-order valence-corrected chi connectivity index (χ2v) is 7.12. The van der Waals surface area contributed by atoms with Gasteiger partial charge in [0.15, 0.2) is 0 Å². The van der Waals surface area contributed by atoms with Crippen molar-refractivity contribution in [3.63, 3.8) is 0 Å². The maximum absolute atomic E-state index is 12.7. The normalized spacial score (nSPS) is 14.8. The SMILES string of the molecule is CC(CN)CC(C)CCCc1c(OC(F)(F)F)cc(OC(F)(F)F)cc1OC(F)(F)F. The van der Waals surface area contributed by atoms with E-state index in [2.05, 4.69) is 14.2 Å². The van der Waals surface area contributed by atoms with Crippen LogP contribution in [0.15, 0.2) is 12.1 Å². The quantitative estimate of drug-likeness (QED) is 0.406. The van der Waals surface area contributed by atoms with Crippen molar-refractivity contribution >= 4 is 0 Å². The molecule has 0 bridgehead atoms. The molecule has 4 nitrogen and oxygen atoms in total. The minimum atomic E-state index is -5.37. The summed E-state index contributed by atoms with van der Waals surface area (Å²) in [5, 5.41) is 0. The third kappa shape index (κ3) is 11.2. The Balaban J connectivity index is 3.25. The van der Waals surface area contributed by atoms with Crippen molar-refractivity contribution in [1.29, 1.82) is 0 Å². The number of ether oxygens (including phenoxy) is 3. The summed E-state index contributed by atoms with van der Waals surface area (Å²) in [5.41, 5.74) is 4.84. The highest BCUT2D eigenvalue weighted by Crippen LogP contribution is 2.41. The lowest BCUT2D eigenvalue weighted by Crippen LogP contribution is -2.22. The van der Waals surface area contributed by atoms with E-state index in [0.717, 1.165) is 0 Å². The van der Waals surface area contributed by atoms with E-state index < -0.39 is 41.9 Å². The molecule has 0 aliphatic heterocycles. The Labute approximate surface area is 172 Å². The van der Waals surface area contributed by atoms with Gasteiger partial charge < -0.3 is 19.9 Å². The molecule has 2 unspecified atom stereocenters. The van der Waals surface area contributed by atoms with E-state index in [1.807, 2.05) is 13.8 Å². The van der Waals surface area contributed by atoms with Gasteiger partial charge in [-0.2, -0.15) is 0 Å². The summed E-state index contributed by atoms with van der Waals surface area (Å²) in [6.07, 6.45) is -15.2. The molecule has 2 N–H and O–H groups in total. The molecule has 0 radical (unpaired) electrons. The van der Waals surface area contributed by atoms with Crippen LogP contribution in [-0.4, -0.2) is 25.6 Å². The van der Waals surface area contributed by atoms with Crippen LogP contribution >= 0.6 is 0 Å². The third-order valence-corrected chi connectivity index (χ3v) is 4.16. The van der Waals surface area contributed by atoms with Crippen molar-refractivity contribution in [2.24, 2.45) is 17.6 Å². The van der Waals surface area contributed by atoms with Gasteiger partial charge in [0.05, 0.1) is 0 Å². The van der Waals surface area contributed by atoms with Crippen LogP contribution in [0.25, 0.3) is 0 Å². The Morgan fingerprint density at radius 2 is 1.23 bits per heavy atom. The van der Waals surface area contributed by atoms with Gasteiger partial charge in [-0.15, -0.1) is 39.5 Å². The number of benzene rings is 1. The minimum Gasteiger partial charge on any atom is -0.406 e. The van der Waals surface area contributed by atoms with Crippen molar-refractivity contribution in [1.82, 2.24) is 0 Å². The fourth-order valence-electron chi connectivity index (χ4n) is 2.99. The maximum atomic E-state index is 12.7. The summed E-state index contributed by atoms with van der Waals surface area (Å²) in [4.78, 5) is 0. The molecule has 0 aliphatic carbocycles. The van der Waals surface area contributed by atoms with E-state index in [0.29, 0.717) is 19.4 Å². The molecule has 0 saturated heterocycles. The fourth-order valence-corrected chi connectivity index (χ4v) is 2.99. The number of alkyl halides is 9. The number of nitrogens with two attached hydrogens (primary N) is 1. The van der Waals surface area contributed by atoms with Gasteiger partial charge in [0.25, 0.3) is 0 Å². The molecule has 31 heavy (non-hydrogen) atoms. The van der Waals surface area contributed by atoms with Crippen LogP contribution in [-0.2, 0) is 6.42 Å². The summed E-state index contributed by atoms with van der Waals surface area (Å²) in [6.45, 7) is 4.14. The molecular formula is C18H22F9NO3. The molecule has 1 rings (SSSR count). The average Bonchev–Trinajstić information content (AvgIpc) is 2.52. The summed E-state index contributed by atoms with van der Waals surface area (Å²) < 4.78 is 125. The van der Waals surface area contributed by atoms with Crippen LogP contribution in [0.4, 0.5) is 39.5 Å². The van der Waals surface area contributed by atoms with Gasteiger partial charge in [0.2, 0.25) is 0 Å². The van der Waals surface area contributed by atoms with Crippen molar-refractivity contribution in [2.45, 2.75) is 58.6 Å². The van der Waals surface area contributed by atoms with Crippen molar-refractivity contribution in [3.8, 4) is 17.2 Å². The minimum absolute atomic E-state index is 0.0605. The first kappa shape index (κ1) is 27.0. The van der Waals surface area contributed by atoms with Crippen LogP contribution in [0.1, 0.15) is 38.7 Å². The van der Waals surface area contributed by atoms with Gasteiger partial charge in [0.1, 0.15) is 17.2 Å². The first-order valence-electron chi connectivity index (χ1n) is 9.13. The van der Waals surface area contributed by atoms with Crippen LogP contribution in [0.5, 0.6) is 17.2 Å². The zero-order chi connectivity index (χ0) is 24.0. The predicted molar refractivity (Wildman–Crippen MR) is 91.4 cm³/mol. The number of hydrogen-bond acceptors (Lipinski definition) is 4. The van der Waals surface area contributed by atoms with E-state index >= 15 is 0 Å². The molecule has 180 valence electrons. The molecule has 0 fully saturated rings. The summed E-state index contributed by atoms with van der Waals surface area (Å²) in [5.74, 6) is -3.65. The van der Waals surface area contributed by atoms with Crippen LogP contribution in [0, 0.1) is 11.8 Å². The van der Waals surface area contributed by atoms with Gasteiger partial charge in [-0.3, -0.25) is 0 Å². The van der Waals surface area contributed by atoms with E-state index in [1.165, 1.54) is 0 Å². The molecule has 1 aromatic carbocycles. The molecule has 13 heteroatoms. The van der Waals surface area contributed by atoms with Gasteiger partial charge >= 0.3 is 19.1 Å². The Hall–Kier alpha value is -2.05. The van der Waals surface area contributed by atoms with Crippen LogP contribution in [0.3, 0.4) is 0 Å². The van der Waals surface area contributed by atoms with Gasteiger partial charge in [-0.25, -0.2) is 0 Å². The largest absolute Gasteiger partial charge is 0.573 e. The van der Waals surface area contributed by atoms with E-state index in [-0.39, 0.29) is 36.8 Å². The van der Waals surface area contributed by atoms with E-state index in [4.69, 9.17) is 5.73 Å². The lowest BCUT2D eigenvalue weighted by Gasteiger charge is -2.21. The molecule has 0 amide bonds. The van der Waals surface area contributed by atoms with E-state index in [1.54, 1.807) is 0 Å². The third-order valence-electron chi connectivity index (χ3n) is 4.16. The highest BCUT2D eigenvalue weighted by molar-refractivity contribution is 5.51. The maximum Gasteiger partial charge on any atom is 0.573 e. The van der Waals surface area contributed by atoms with Gasteiger partial charge in [-0.05, 0) is 37.6 Å². The number of halogens is 9. The van der Waals surface area contributed by atoms with Crippen molar-refractivity contribution in [3.05, 3.63) is 17.7 Å². The van der Waals surface area contributed by atoms with E-state index in [9.17, 15) is 39.5 Å². The second-order valence-electron chi connectivity index (χ2n) is 7.12. The Kier molecular flexibility index (Phi) is 9.15. The molecule has 0 heterocycles. The lowest BCUT2D eigenvalue weighted by molar-refractivity contribution is -0.278. The van der Waals surface area contributed by atoms with Crippen LogP contribution < -0.4 is 19.9 Å². The Morgan fingerprint density at radius 1 is 0.774 bits per heavy atom. The predicted octanol–water partition coefficient (Wildman–Crippen LogP) is 6.33. The summed E-state index contributed by atoms with van der Waals surface area (Å²) in [6, 6.07) is 0.443. The van der Waals surface area contributed by atoms with Gasteiger partial charge in [-0.1, -0.05) is 20.3 Å². The zero-order valence-corrected chi connectivity index (χ0v) is 16.5. The first-order valence-corrected chi connectivity index (χ1v) is 9.13. The second kappa shape index (κ2) is 10.5. The van der Waals surface area contributed by atoms with Crippen molar-refractivity contribution in [2.75, 3.05) is 6.54 Å². The number of hydrogen-bond donors (Lipinski definition) is 1. The standard InChI is InChI=1S/C18H22F9NO3/c1-10(6-11(2)9-28)4-3-5-13-14(30-17(22,23)24)7-12(29-16(19,20)21)8-15(13)31-18(25,26)27/h7-8,10-11H,3-6,9,28H2,1-2H3. The van der Waals surface area contributed by atoms with Crippen LogP contribution in [0.2, 0.25) is 0 Å². The molecule has 0 saturated carbocycles. The summed E-state index contributed by atoms with van der Waals surface area (Å²) in [7, 11) is 0. The molecule has 0 spiro atoms. The Bertz CT molecular complexity index is 665. The number of rotatable bonds is 10. The Morgan fingerprint density at radius 3 is 1.61 bits per heavy atom.